The first-order valence-corrected chi connectivity index (χ1v) is 8.47. The molecule has 0 atom stereocenters. The summed E-state index contributed by atoms with van der Waals surface area (Å²) in [5, 5.41) is 3.48. The fourth-order valence-corrected chi connectivity index (χ4v) is 3.09. The van der Waals surface area contributed by atoms with Crippen LogP contribution in [0, 0.1) is 11.3 Å². The molecular weight excluding hydrogens is 232 g/mol. The van der Waals surface area contributed by atoms with Gasteiger partial charge in [-0.1, -0.05) is 34.1 Å². The van der Waals surface area contributed by atoms with Crippen LogP contribution in [-0.4, -0.2) is 37.6 Å². The fourth-order valence-electron chi connectivity index (χ4n) is 3.09. The second-order valence-electron chi connectivity index (χ2n) is 7.29. The smallest absolute Gasteiger partial charge is 0.00159 e. The van der Waals surface area contributed by atoms with Crippen molar-refractivity contribution >= 4 is 0 Å². The van der Waals surface area contributed by atoms with Crippen molar-refractivity contribution in [2.45, 2.75) is 66.2 Å². The van der Waals surface area contributed by atoms with Gasteiger partial charge in [0.05, 0.1) is 0 Å². The summed E-state index contributed by atoms with van der Waals surface area (Å²) in [6, 6.07) is 0. The predicted molar refractivity (Wildman–Crippen MR) is 85.6 cm³/mol. The van der Waals surface area contributed by atoms with Gasteiger partial charge in [-0.05, 0) is 76.2 Å². The number of piperidine rings is 1. The van der Waals surface area contributed by atoms with Crippen LogP contribution in [-0.2, 0) is 0 Å². The lowest BCUT2D eigenvalue weighted by Crippen LogP contribution is -2.38. The molecule has 0 aromatic heterocycles. The van der Waals surface area contributed by atoms with E-state index in [9.17, 15) is 0 Å². The molecule has 1 rings (SSSR count). The highest BCUT2D eigenvalue weighted by molar-refractivity contribution is 4.80. The van der Waals surface area contributed by atoms with Gasteiger partial charge < -0.3 is 10.2 Å². The topological polar surface area (TPSA) is 15.3 Å². The van der Waals surface area contributed by atoms with Crippen LogP contribution in [0.1, 0.15) is 66.2 Å². The molecule has 1 saturated heterocycles. The summed E-state index contributed by atoms with van der Waals surface area (Å²) in [6.45, 7) is 15.8. The van der Waals surface area contributed by atoms with Gasteiger partial charge in [-0.2, -0.15) is 0 Å². The van der Waals surface area contributed by atoms with Gasteiger partial charge in [0.25, 0.3) is 0 Å². The number of nitrogens with zero attached hydrogens (tertiary/aromatic N) is 1. The van der Waals surface area contributed by atoms with Crippen LogP contribution in [0.25, 0.3) is 0 Å². The highest BCUT2D eigenvalue weighted by atomic mass is 15.1. The molecular formula is C17H36N2. The van der Waals surface area contributed by atoms with E-state index in [0.717, 1.165) is 5.92 Å². The largest absolute Gasteiger partial charge is 0.317 e. The summed E-state index contributed by atoms with van der Waals surface area (Å²) in [5.74, 6) is 0.932. The average Bonchev–Trinajstić information content (AvgIpc) is 2.37. The maximum atomic E-state index is 3.48. The Labute approximate surface area is 121 Å². The molecule has 1 fully saturated rings. The molecule has 0 saturated carbocycles. The van der Waals surface area contributed by atoms with Gasteiger partial charge in [0.2, 0.25) is 0 Å². The molecule has 0 radical (unpaired) electrons. The van der Waals surface area contributed by atoms with Gasteiger partial charge in [0.1, 0.15) is 0 Å². The van der Waals surface area contributed by atoms with Crippen LogP contribution in [0.15, 0.2) is 0 Å². The van der Waals surface area contributed by atoms with Gasteiger partial charge in [-0.15, -0.1) is 0 Å². The summed E-state index contributed by atoms with van der Waals surface area (Å²) in [5.41, 5.74) is 0.511. The Morgan fingerprint density at radius 1 is 1.00 bits per heavy atom. The molecule has 0 unspecified atom stereocenters. The van der Waals surface area contributed by atoms with Crippen molar-refractivity contribution in [3.8, 4) is 0 Å². The lowest BCUT2D eigenvalue weighted by molar-refractivity contribution is 0.111. The summed E-state index contributed by atoms with van der Waals surface area (Å²) < 4.78 is 0. The van der Waals surface area contributed by atoms with E-state index in [1.807, 2.05) is 0 Å². The van der Waals surface area contributed by atoms with Gasteiger partial charge in [-0.25, -0.2) is 0 Å². The van der Waals surface area contributed by atoms with Crippen molar-refractivity contribution in [3.05, 3.63) is 0 Å². The van der Waals surface area contributed by atoms with Crippen LogP contribution in [0.4, 0.5) is 0 Å². The van der Waals surface area contributed by atoms with Crippen LogP contribution in [0.2, 0.25) is 0 Å². The first kappa shape index (κ1) is 17.0. The molecule has 0 aromatic rings. The molecule has 1 N–H and O–H groups in total. The average molecular weight is 268 g/mol. The minimum Gasteiger partial charge on any atom is -0.317 e. The Bertz CT molecular complexity index is 212. The molecule has 0 aromatic carbocycles. The molecule has 2 heteroatoms. The molecule has 0 bridgehead atoms. The molecule has 19 heavy (non-hydrogen) atoms. The first-order valence-electron chi connectivity index (χ1n) is 8.47. The molecule has 1 aliphatic heterocycles. The van der Waals surface area contributed by atoms with E-state index in [4.69, 9.17) is 0 Å². The van der Waals surface area contributed by atoms with E-state index in [2.05, 4.69) is 37.9 Å². The summed E-state index contributed by atoms with van der Waals surface area (Å²) in [6.07, 6.45) is 8.17. The zero-order valence-corrected chi connectivity index (χ0v) is 13.8. The van der Waals surface area contributed by atoms with E-state index in [0.29, 0.717) is 5.41 Å². The molecule has 2 nitrogen and oxygen atoms in total. The second-order valence-corrected chi connectivity index (χ2v) is 7.29. The summed E-state index contributed by atoms with van der Waals surface area (Å²) >= 11 is 0. The van der Waals surface area contributed by atoms with Gasteiger partial charge >= 0.3 is 0 Å². The number of hydrogen-bond donors (Lipinski definition) is 1. The maximum absolute atomic E-state index is 3.48. The third kappa shape index (κ3) is 7.31. The Morgan fingerprint density at radius 2 is 1.68 bits per heavy atom. The van der Waals surface area contributed by atoms with Crippen molar-refractivity contribution in [1.29, 1.82) is 0 Å². The van der Waals surface area contributed by atoms with E-state index >= 15 is 0 Å². The SMILES string of the molecule is CCCNCCCCCN1CCC(C(C)(C)C)CC1. The van der Waals surface area contributed by atoms with Gasteiger partial charge in [0, 0.05) is 0 Å². The minimum absolute atomic E-state index is 0.511. The van der Waals surface area contributed by atoms with E-state index in [-0.39, 0.29) is 0 Å². The lowest BCUT2D eigenvalue weighted by atomic mass is 9.75. The van der Waals surface area contributed by atoms with E-state index in [1.165, 1.54) is 71.2 Å². The molecule has 0 aliphatic carbocycles. The number of nitrogens with one attached hydrogen (secondary N) is 1. The van der Waals surface area contributed by atoms with Crippen LogP contribution in [0.3, 0.4) is 0 Å². The highest BCUT2D eigenvalue weighted by Gasteiger charge is 2.28. The zero-order valence-electron chi connectivity index (χ0n) is 13.8. The zero-order chi connectivity index (χ0) is 14.1. The number of hydrogen-bond acceptors (Lipinski definition) is 2. The fraction of sp³-hybridized carbons (Fsp3) is 1.00. The van der Waals surface area contributed by atoms with E-state index < -0.39 is 0 Å². The summed E-state index contributed by atoms with van der Waals surface area (Å²) in [7, 11) is 0. The van der Waals surface area contributed by atoms with Crippen molar-refractivity contribution in [3.63, 3.8) is 0 Å². The van der Waals surface area contributed by atoms with Crippen molar-refractivity contribution < 1.29 is 0 Å². The van der Waals surface area contributed by atoms with Gasteiger partial charge in [-0.3, -0.25) is 0 Å². The lowest BCUT2D eigenvalue weighted by Gasteiger charge is -2.38. The number of likely N-dealkylation sites (tertiary alicyclic amines) is 1. The molecule has 1 heterocycles. The van der Waals surface area contributed by atoms with E-state index in [1.54, 1.807) is 0 Å². The van der Waals surface area contributed by atoms with Gasteiger partial charge in [0.15, 0.2) is 0 Å². The Balaban J connectivity index is 1.98. The predicted octanol–water partition coefficient (Wildman–Crippen LogP) is 3.91. The highest BCUT2D eigenvalue weighted by Crippen LogP contribution is 2.34. The number of unbranched alkanes of at least 4 members (excludes halogenated alkanes) is 2. The Morgan fingerprint density at radius 3 is 2.26 bits per heavy atom. The monoisotopic (exact) mass is 268 g/mol. The minimum atomic E-state index is 0.511. The van der Waals surface area contributed by atoms with Crippen molar-refractivity contribution in [2.24, 2.45) is 11.3 Å². The third-order valence-corrected chi connectivity index (χ3v) is 4.57. The Kier molecular flexibility index (Phi) is 8.01. The standard InChI is InChI=1S/C17H36N2/c1-5-11-18-12-7-6-8-13-19-14-9-16(10-15-19)17(2,3)4/h16,18H,5-15H2,1-4H3. The van der Waals surface area contributed by atoms with Crippen molar-refractivity contribution in [1.82, 2.24) is 10.2 Å². The van der Waals surface area contributed by atoms with Crippen molar-refractivity contribution in [2.75, 3.05) is 32.7 Å². The second kappa shape index (κ2) is 8.97. The number of rotatable bonds is 8. The molecule has 114 valence electrons. The first-order chi connectivity index (χ1) is 9.04. The van der Waals surface area contributed by atoms with Crippen LogP contribution >= 0.6 is 0 Å². The molecule has 1 aliphatic rings. The third-order valence-electron chi connectivity index (χ3n) is 4.57. The normalized spacial score (nSPS) is 18.9. The van der Waals surface area contributed by atoms with Crippen LogP contribution < -0.4 is 5.32 Å². The summed E-state index contributed by atoms with van der Waals surface area (Å²) in [4.78, 5) is 2.68. The maximum Gasteiger partial charge on any atom is -0.00159 e. The Hall–Kier alpha value is -0.0800. The molecule has 0 amide bonds. The quantitative estimate of drug-likeness (QED) is 0.671. The van der Waals surface area contributed by atoms with Crippen LogP contribution in [0.5, 0.6) is 0 Å². The molecule has 0 spiro atoms.